The monoisotopic (exact) mass is 124 g/mol. The van der Waals surface area contributed by atoms with Crippen LogP contribution in [0.3, 0.4) is 0 Å². The number of hydrogen-bond acceptors (Lipinski definition) is 4. The van der Waals surface area contributed by atoms with Gasteiger partial charge in [-0.2, -0.15) is 0 Å². The Bertz CT molecular complexity index is 58.3. The molecule has 0 radical (unpaired) electrons. The Kier molecular flexibility index (Phi) is 34.8. The number of hydrogen-bond donors (Lipinski definition) is 4. The summed E-state index contributed by atoms with van der Waals surface area (Å²) in [7, 11) is 0. The fraction of sp³-hybridized carbons (Fsp3) is 0. The van der Waals surface area contributed by atoms with Gasteiger partial charge in [0.25, 0.3) is 0 Å². The van der Waals surface area contributed by atoms with E-state index in [0.29, 0.717) is 0 Å². The lowest BCUT2D eigenvalue weighted by Gasteiger charge is -1.62. The zero-order valence-corrected chi connectivity index (χ0v) is 4.07. The summed E-state index contributed by atoms with van der Waals surface area (Å²) in [5.41, 5.74) is 8.50. The van der Waals surface area contributed by atoms with Gasteiger partial charge in [-0.1, -0.05) is 0 Å². The summed E-state index contributed by atoms with van der Waals surface area (Å²) in [5, 5.41) is 7.89. The molecular formula is CH8N4O3. The highest BCUT2D eigenvalue weighted by Crippen LogP contribution is 1.25. The smallest absolute Gasteiger partial charge is 0.309 e. The lowest BCUT2D eigenvalue weighted by atomic mass is 11.2. The van der Waals surface area contributed by atoms with Crippen molar-refractivity contribution in [1.82, 2.24) is 6.15 Å². The zero-order valence-electron chi connectivity index (χ0n) is 4.07. The van der Waals surface area contributed by atoms with E-state index in [9.17, 15) is 0 Å². The third kappa shape index (κ3) is 32.5. The zero-order chi connectivity index (χ0) is 6.28. The highest BCUT2D eigenvalue weighted by Gasteiger charge is 1.60. The van der Waals surface area contributed by atoms with Crippen molar-refractivity contribution < 1.29 is 10.0 Å². The Morgan fingerprint density at radius 2 is 1.50 bits per heavy atom. The SMILES string of the molecule is N.NC(N)=O.O=NO. The van der Waals surface area contributed by atoms with E-state index in [1.807, 2.05) is 0 Å². The first-order valence-corrected chi connectivity index (χ1v) is 1.16. The van der Waals surface area contributed by atoms with Gasteiger partial charge in [-0.05, 0) is 0 Å². The molecule has 0 aromatic rings. The second-order valence-corrected chi connectivity index (χ2v) is 0.484. The van der Waals surface area contributed by atoms with Crippen LogP contribution in [0.2, 0.25) is 0 Å². The summed E-state index contributed by atoms with van der Waals surface area (Å²) in [5.74, 6) is 0. The minimum atomic E-state index is -0.833. The van der Waals surface area contributed by atoms with Gasteiger partial charge in [-0.15, -0.1) is 4.91 Å². The maximum atomic E-state index is 9.00. The van der Waals surface area contributed by atoms with Crippen LogP contribution in [0.4, 0.5) is 4.79 Å². The molecule has 8 heavy (non-hydrogen) atoms. The molecule has 0 aliphatic heterocycles. The van der Waals surface area contributed by atoms with Crippen LogP contribution in [0.5, 0.6) is 0 Å². The Labute approximate surface area is 45.2 Å². The van der Waals surface area contributed by atoms with Crippen molar-refractivity contribution in [2.45, 2.75) is 0 Å². The van der Waals surface area contributed by atoms with E-state index < -0.39 is 6.03 Å². The van der Waals surface area contributed by atoms with E-state index in [1.165, 1.54) is 5.34 Å². The topological polar surface area (TPSA) is 154 Å². The second kappa shape index (κ2) is 17.4. The quantitative estimate of drug-likeness (QED) is 0.249. The molecule has 0 fully saturated rings. The van der Waals surface area contributed by atoms with E-state index >= 15 is 0 Å². The second-order valence-electron chi connectivity index (χ2n) is 0.484. The van der Waals surface area contributed by atoms with E-state index in [4.69, 9.17) is 14.9 Å². The van der Waals surface area contributed by atoms with Gasteiger partial charge < -0.3 is 22.8 Å². The molecule has 0 saturated carbocycles. The molecule has 0 aromatic carbocycles. The van der Waals surface area contributed by atoms with Crippen LogP contribution in [-0.2, 0) is 0 Å². The van der Waals surface area contributed by atoms with Crippen molar-refractivity contribution in [3.05, 3.63) is 4.91 Å². The summed E-state index contributed by atoms with van der Waals surface area (Å²) in [6.45, 7) is 0. The molecule has 0 rings (SSSR count). The first kappa shape index (κ1) is 15.9. The molecule has 0 aromatic heterocycles. The molecule has 0 atom stereocenters. The molecule has 50 valence electrons. The molecule has 8 N–H and O–H groups in total. The third-order valence-electron chi connectivity index (χ3n) is 0. The highest BCUT2D eigenvalue weighted by atomic mass is 16.6. The number of urea groups is 1. The average molecular weight is 124 g/mol. The molecule has 0 heterocycles. The van der Waals surface area contributed by atoms with Crippen LogP contribution in [0.15, 0.2) is 5.34 Å². The maximum Gasteiger partial charge on any atom is 0.309 e. The molecule has 0 spiro atoms. The summed E-state index contributed by atoms with van der Waals surface area (Å²) in [6.07, 6.45) is 0. The lowest BCUT2D eigenvalue weighted by Crippen LogP contribution is -2.18. The Morgan fingerprint density at radius 1 is 1.50 bits per heavy atom. The minimum absolute atomic E-state index is 0. The van der Waals surface area contributed by atoms with Crippen molar-refractivity contribution in [2.24, 2.45) is 16.8 Å². The van der Waals surface area contributed by atoms with Gasteiger partial charge in [0.1, 0.15) is 0 Å². The molecule has 7 heteroatoms. The molecule has 7 nitrogen and oxygen atoms in total. The van der Waals surface area contributed by atoms with Gasteiger partial charge in [0.15, 0.2) is 5.34 Å². The van der Waals surface area contributed by atoms with E-state index in [2.05, 4.69) is 11.5 Å². The molecule has 0 aliphatic rings. The standard InChI is InChI=1S/CH4N2O.HNO2.H3N/c2-1(3)4;2-1-3;/h(H4,2,3,4);(H,2,3);1H3. The van der Waals surface area contributed by atoms with Gasteiger partial charge in [-0.25, -0.2) is 4.79 Å². The number of nitrogens with two attached hydrogens (primary N) is 2. The van der Waals surface area contributed by atoms with Crippen LogP contribution in [-0.4, -0.2) is 11.2 Å². The first-order chi connectivity index (χ1) is 3.15. The van der Waals surface area contributed by atoms with Crippen LogP contribution in [0.1, 0.15) is 0 Å². The summed E-state index contributed by atoms with van der Waals surface area (Å²) >= 11 is 0. The number of nitrogens with zero attached hydrogens (tertiary/aromatic N) is 1. The highest BCUT2D eigenvalue weighted by molar-refractivity contribution is 5.69. The minimum Gasteiger partial charge on any atom is -0.379 e. The van der Waals surface area contributed by atoms with Crippen LogP contribution in [0, 0.1) is 4.91 Å². The average Bonchev–Trinajstić information content (AvgIpc) is 1.33. The first-order valence-electron chi connectivity index (χ1n) is 1.16. The van der Waals surface area contributed by atoms with Crippen molar-refractivity contribution in [2.75, 3.05) is 0 Å². The fourth-order valence-electron chi connectivity index (χ4n) is 0. The molecular weight excluding hydrogens is 116 g/mol. The van der Waals surface area contributed by atoms with Crippen LogP contribution in [0.25, 0.3) is 0 Å². The number of carbonyl (C=O) groups excluding carboxylic acids is 1. The Balaban J connectivity index is -0.0000000575. The van der Waals surface area contributed by atoms with Crippen LogP contribution < -0.4 is 17.6 Å². The fourth-order valence-corrected chi connectivity index (χ4v) is 0. The van der Waals surface area contributed by atoms with Crippen molar-refractivity contribution in [3.63, 3.8) is 0 Å². The van der Waals surface area contributed by atoms with Gasteiger partial charge in [-0.3, -0.25) is 0 Å². The van der Waals surface area contributed by atoms with Crippen molar-refractivity contribution in [3.8, 4) is 0 Å². The van der Waals surface area contributed by atoms with Gasteiger partial charge >= 0.3 is 6.03 Å². The molecule has 0 aliphatic carbocycles. The third-order valence-corrected chi connectivity index (χ3v) is 0. The molecule has 0 bridgehead atoms. The number of primary amides is 2. The Hall–Kier alpha value is -1.37. The number of amides is 2. The Morgan fingerprint density at radius 3 is 1.50 bits per heavy atom. The maximum absolute atomic E-state index is 9.00. The van der Waals surface area contributed by atoms with Crippen LogP contribution >= 0.6 is 0 Å². The predicted molar refractivity (Wildman–Crippen MR) is 26.4 cm³/mol. The van der Waals surface area contributed by atoms with Crippen molar-refractivity contribution >= 4 is 6.03 Å². The van der Waals surface area contributed by atoms with Gasteiger partial charge in [0.05, 0.1) is 0 Å². The number of rotatable bonds is 0. The summed E-state index contributed by atoms with van der Waals surface area (Å²) < 4.78 is 0. The largest absolute Gasteiger partial charge is 0.379 e. The lowest BCUT2D eigenvalue weighted by molar-refractivity contribution is 0.256. The number of carbonyl (C=O) groups is 1. The van der Waals surface area contributed by atoms with Gasteiger partial charge in [0, 0.05) is 0 Å². The molecule has 2 amide bonds. The van der Waals surface area contributed by atoms with Gasteiger partial charge in [0.2, 0.25) is 0 Å². The van der Waals surface area contributed by atoms with Crippen molar-refractivity contribution in [1.29, 1.82) is 0 Å². The van der Waals surface area contributed by atoms with E-state index in [0.717, 1.165) is 0 Å². The normalized spacial score (nSPS) is 4.50. The molecule has 0 saturated heterocycles. The summed E-state index contributed by atoms with van der Waals surface area (Å²) in [4.78, 5) is 17.1. The predicted octanol–water partition coefficient (Wildman–Crippen LogP) is -0.672. The molecule has 0 unspecified atom stereocenters. The van der Waals surface area contributed by atoms with E-state index in [1.54, 1.807) is 0 Å². The van der Waals surface area contributed by atoms with E-state index in [-0.39, 0.29) is 6.15 Å². The summed E-state index contributed by atoms with van der Waals surface area (Å²) in [6, 6.07) is -0.833.